The molecular formula is C14H21N3O. The van der Waals surface area contributed by atoms with Gasteiger partial charge in [0.05, 0.1) is 0 Å². The number of aromatic nitrogens is 1. The molecule has 1 aliphatic heterocycles. The third-order valence-electron chi connectivity index (χ3n) is 3.75. The lowest BCUT2D eigenvalue weighted by Crippen LogP contribution is -2.42. The zero-order chi connectivity index (χ0) is 13.1. The number of likely N-dealkylation sites (tertiary alicyclic amines) is 1. The van der Waals surface area contributed by atoms with Gasteiger partial charge in [0, 0.05) is 24.8 Å². The monoisotopic (exact) mass is 247 g/mol. The average Bonchev–Trinajstić information content (AvgIpc) is 2.39. The molecule has 2 rings (SSSR count). The summed E-state index contributed by atoms with van der Waals surface area (Å²) in [5.74, 6) is 0.993. The molecule has 0 bridgehead atoms. The van der Waals surface area contributed by atoms with E-state index in [1.54, 1.807) is 19.2 Å². The minimum atomic E-state index is 0.0930. The van der Waals surface area contributed by atoms with E-state index < -0.39 is 0 Å². The number of ketones is 1. The molecule has 4 nitrogen and oxygen atoms in total. The molecule has 1 saturated heterocycles. The highest BCUT2D eigenvalue weighted by Crippen LogP contribution is 2.20. The second-order valence-electron chi connectivity index (χ2n) is 5.10. The number of pyridine rings is 1. The van der Waals surface area contributed by atoms with Crippen LogP contribution in [0.25, 0.3) is 0 Å². The fourth-order valence-corrected chi connectivity index (χ4v) is 2.40. The number of rotatable bonds is 3. The van der Waals surface area contributed by atoms with Crippen molar-refractivity contribution in [3.05, 3.63) is 23.9 Å². The first kappa shape index (κ1) is 13.0. The number of anilines is 1. The Morgan fingerprint density at radius 3 is 2.72 bits per heavy atom. The fourth-order valence-electron chi connectivity index (χ4n) is 2.40. The zero-order valence-electron chi connectivity index (χ0n) is 11.4. The molecule has 1 aromatic heterocycles. The highest BCUT2D eigenvalue weighted by atomic mass is 16.1. The molecule has 0 amide bonds. The van der Waals surface area contributed by atoms with Crippen molar-refractivity contribution in [1.29, 1.82) is 0 Å². The second-order valence-corrected chi connectivity index (χ2v) is 5.10. The summed E-state index contributed by atoms with van der Waals surface area (Å²) in [5.41, 5.74) is 0.736. The van der Waals surface area contributed by atoms with E-state index in [1.807, 2.05) is 6.07 Å². The van der Waals surface area contributed by atoms with Crippen LogP contribution in [-0.2, 0) is 0 Å². The number of hydrogen-bond acceptors (Lipinski definition) is 4. The Morgan fingerprint density at radius 1 is 1.44 bits per heavy atom. The molecular weight excluding hydrogens is 226 g/mol. The quantitative estimate of drug-likeness (QED) is 0.763. The largest absolute Gasteiger partial charge is 0.357 e. The maximum absolute atomic E-state index is 11.4. The zero-order valence-corrected chi connectivity index (χ0v) is 11.4. The molecule has 0 spiro atoms. The van der Waals surface area contributed by atoms with Crippen LogP contribution in [0.5, 0.6) is 0 Å². The van der Waals surface area contributed by atoms with Crippen molar-refractivity contribution in [1.82, 2.24) is 9.88 Å². The molecule has 0 aliphatic carbocycles. The molecule has 0 saturated carbocycles. The summed E-state index contributed by atoms with van der Waals surface area (Å²) in [6.45, 7) is 3.84. The van der Waals surface area contributed by atoms with E-state index >= 15 is 0 Å². The first-order valence-electron chi connectivity index (χ1n) is 6.46. The van der Waals surface area contributed by atoms with E-state index in [0.717, 1.165) is 37.3 Å². The van der Waals surface area contributed by atoms with Gasteiger partial charge in [-0.15, -0.1) is 0 Å². The van der Waals surface area contributed by atoms with Crippen LogP contribution in [0.4, 0.5) is 5.82 Å². The Labute approximate surface area is 109 Å². The van der Waals surface area contributed by atoms with Crippen LogP contribution in [0, 0.1) is 0 Å². The molecule has 4 heteroatoms. The molecule has 0 radical (unpaired) electrons. The van der Waals surface area contributed by atoms with E-state index in [-0.39, 0.29) is 5.78 Å². The van der Waals surface area contributed by atoms with Crippen molar-refractivity contribution in [2.75, 3.05) is 32.1 Å². The van der Waals surface area contributed by atoms with E-state index in [4.69, 9.17) is 0 Å². The van der Waals surface area contributed by atoms with Gasteiger partial charge in [-0.2, -0.15) is 0 Å². The SMILES string of the molecule is CC(=O)c1ccnc(N(C)C2CCN(C)CC2)c1. The molecule has 0 atom stereocenters. The van der Waals surface area contributed by atoms with Crippen molar-refractivity contribution < 1.29 is 4.79 Å². The number of hydrogen-bond donors (Lipinski definition) is 0. The van der Waals surface area contributed by atoms with Crippen molar-refractivity contribution in [3.8, 4) is 0 Å². The Hall–Kier alpha value is -1.42. The van der Waals surface area contributed by atoms with Gasteiger partial charge in [-0.05, 0) is 52.0 Å². The van der Waals surface area contributed by atoms with Crippen LogP contribution in [0.3, 0.4) is 0 Å². The summed E-state index contributed by atoms with van der Waals surface area (Å²) >= 11 is 0. The molecule has 98 valence electrons. The second kappa shape index (κ2) is 5.48. The standard InChI is InChI=1S/C14H21N3O/c1-11(18)12-4-7-15-14(10-12)17(3)13-5-8-16(2)9-6-13/h4,7,10,13H,5-6,8-9H2,1-3H3. The van der Waals surface area contributed by atoms with Crippen molar-refractivity contribution >= 4 is 11.6 Å². The van der Waals surface area contributed by atoms with Crippen LogP contribution >= 0.6 is 0 Å². The lowest BCUT2D eigenvalue weighted by atomic mass is 10.0. The van der Waals surface area contributed by atoms with Crippen LogP contribution in [-0.4, -0.2) is 48.9 Å². The van der Waals surface area contributed by atoms with Crippen LogP contribution < -0.4 is 4.90 Å². The van der Waals surface area contributed by atoms with Gasteiger partial charge in [0.15, 0.2) is 5.78 Å². The van der Waals surface area contributed by atoms with Gasteiger partial charge >= 0.3 is 0 Å². The van der Waals surface area contributed by atoms with E-state index in [1.165, 1.54) is 0 Å². The highest BCUT2D eigenvalue weighted by Gasteiger charge is 2.21. The number of Topliss-reactive ketones (excluding diaryl/α,β-unsaturated/α-hetero) is 1. The van der Waals surface area contributed by atoms with Gasteiger partial charge in [-0.3, -0.25) is 4.79 Å². The van der Waals surface area contributed by atoms with Crippen molar-refractivity contribution in [2.45, 2.75) is 25.8 Å². The Kier molecular flexibility index (Phi) is 3.97. The smallest absolute Gasteiger partial charge is 0.159 e. The number of carbonyl (C=O) groups is 1. The Bertz CT molecular complexity index is 425. The molecule has 1 aliphatic rings. The maximum Gasteiger partial charge on any atom is 0.159 e. The molecule has 1 aromatic rings. The number of nitrogens with zero attached hydrogens (tertiary/aromatic N) is 3. The summed E-state index contributed by atoms with van der Waals surface area (Å²) < 4.78 is 0. The average molecular weight is 247 g/mol. The van der Waals surface area contributed by atoms with Gasteiger partial charge < -0.3 is 9.80 Å². The fraction of sp³-hybridized carbons (Fsp3) is 0.571. The van der Waals surface area contributed by atoms with Crippen molar-refractivity contribution in [2.24, 2.45) is 0 Å². The van der Waals surface area contributed by atoms with Crippen LogP contribution in [0.1, 0.15) is 30.1 Å². The topological polar surface area (TPSA) is 36.4 Å². The third-order valence-corrected chi connectivity index (χ3v) is 3.75. The predicted molar refractivity (Wildman–Crippen MR) is 73.2 cm³/mol. The van der Waals surface area contributed by atoms with Gasteiger partial charge in [-0.1, -0.05) is 0 Å². The molecule has 0 N–H and O–H groups in total. The normalized spacial score (nSPS) is 17.7. The molecule has 1 fully saturated rings. The van der Waals surface area contributed by atoms with Crippen molar-refractivity contribution in [3.63, 3.8) is 0 Å². The number of carbonyl (C=O) groups excluding carboxylic acids is 1. The summed E-state index contributed by atoms with van der Waals surface area (Å²) in [5, 5.41) is 0. The third kappa shape index (κ3) is 2.88. The molecule has 2 heterocycles. The maximum atomic E-state index is 11.4. The number of piperidine rings is 1. The Morgan fingerprint density at radius 2 is 2.11 bits per heavy atom. The predicted octanol–water partition coefficient (Wildman–Crippen LogP) is 1.81. The first-order chi connectivity index (χ1) is 8.58. The summed E-state index contributed by atoms with van der Waals surface area (Å²) in [4.78, 5) is 20.3. The molecule has 0 aromatic carbocycles. The summed E-state index contributed by atoms with van der Waals surface area (Å²) in [6, 6.07) is 4.19. The van der Waals surface area contributed by atoms with Crippen LogP contribution in [0.15, 0.2) is 18.3 Å². The first-order valence-corrected chi connectivity index (χ1v) is 6.46. The molecule has 18 heavy (non-hydrogen) atoms. The van der Waals surface area contributed by atoms with E-state index in [2.05, 4.69) is 28.9 Å². The summed E-state index contributed by atoms with van der Waals surface area (Å²) in [6.07, 6.45) is 4.02. The highest BCUT2D eigenvalue weighted by molar-refractivity contribution is 5.94. The van der Waals surface area contributed by atoms with Gasteiger partial charge in [0.2, 0.25) is 0 Å². The van der Waals surface area contributed by atoms with Gasteiger partial charge in [-0.25, -0.2) is 4.98 Å². The molecule has 0 unspecified atom stereocenters. The van der Waals surface area contributed by atoms with Crippen LogP contribution in [0.2, 0.25) is 0 Å². The minimum absolute atomic E-state index is 0.0930. The van der Waals surface area contributed by atoms with E-state index in [9.17, 15) is 4.79 Å². The van der Waals surface area contributed by atoms with Gasteiger partial charge in [0.1, 0.15) is 5.82 Å². The lowest BCUT2D eigenvalue weighted by molar-refractivity contribution is 0.101. The van der Waals surface area contributed by atoms with E-state index in [0.29, 0.717) is 6.04 Å². The Balaban J connectivity index is 2.10. The lowest BCUT2D eigenvalue weighted by Gasteiger charge is -2.35. The van der Waals surface area contributed by atoms with Gasteiger partial charge in [0.25, 0.3) is 0 Å². The summed E-state index contributed by atoms with van der Waals surface area (Å²) in [7, 11) is 4.23. The minimum Gasteiger partial charge on any atom is -0.357 e.